The number of anilines is 3. The van der Waals surface area contributed by atoms with Crippen LogP contribution in [0.3, 0.4) is 0 Å². The maximum absolute atomic E-state index is 4.66. The van der Waals surface area contributed by atoms with Gasteiger partial charge in [0.2, 0.25) is 17.8 Å². The van der Waals surface area contributed by atoms with Crippen molar-refractivity contribution in [1.82, 2.24) is 19.9 Å². The average Bonchev–Trinajstić information content (AvgIpc) is 2.87. The Labute approximate surface area is 194 Å². The molecule has 0 spiro atoms. The van der Waals surface area contributed by atoms with Crippen LogP contribution in [0.4, 0.5) is 17.8 Å². The third kappa shape index (κ3) is 6.70. The first-order valence-electron chi connectivity index (χ1n) is 11.1. The highest BCUT2D eigenvalue weighted by molar-refractivity contribution is 5.80. The van der Waals surface area contributed by atoms with Gasteiger partial charge in [-0.1, -0.05) is 49.1 Å². The van der Waals surface area contributed by atoms with E-state index in [2.05, 4.69) is 59.4 Å². The molecule has 3 aromatic rings. The molecule has 33 heavy (non-hydrogen) atoms. The topological polar surface area (TPSA) is 91.2 Å². The number of pyridine rings is 1. The van der Waals surface area contributed by atoms with Gasteiger partial charge in [-0.15, -0.1) is 0 Å². The Kier molecular flexibility index (Phi) is 7.73. The summed E-state index contributed by atoms with van der Waals surface area (Å²) in [6, 6.07) is 14.0. The molecular weight excluding hydrogens is 412 g/mol. The summed E-state index contributed by atoms with van der Waals surface area (Å²) in [5.74, 6) is 1.59. The van der Waals surface area contributed by atoms with Gasteiger partial charge in [0.05, 0.1) is 11.9 Å². The first kappa shape index (κ1) is 22.1. The van der Waals surface area contributed by atoms with Crippen molar-refractivity contribution in [2.75, 3.05) is 28.7 Å². The van der Waals surface area contributed by atoms with Crippen molar-refractivity contribution in [3.63, 3.8) is 0 Å². The lowest BCUT2D eigenvalue weighted by Crippen LogP contribution is -2.31. The summed E-state index contributed by atoms with van der Waals surface area (Å²) in [5.41, 5.74) is 5.86. The number of hydrazone groups is 1. The third-order valence-electron chi connectivity index (χ3n) is 5.14. The van der Waals surface area contributed by atoms with E-state index in [1.54, 1.807) is 18.5 Å². The molecule has 1 aliphatic rings. The van der Waals surface area contributed by atoms with Crippen LogP contribution in [-0.2, 0) is 6.54 Å². The molecule has 0 bridgehead atoms. The molecular formula is C25H28N8. The highest BCUT2D eigenvalue weighted by atomic mass is 15.4. The Morgan fingerprint density at radius 2 is 1.82 bits per heavy atom. The summed E-state index contributed by atoms with van der Waals surface area (Å²) in [4.78, 5) is 20.3. The minimum absolute atomic E-state index is 0.401. The van der Waals surface area contributed by atoms with Crippen LogP contribution in [0.25, 0.3) is 6.08 Å². The molecule has 0 aliphatic carbocycles. The molecule has 1 saturated heterocycles. The molecule has 0 unspecified atom stereocenters. The molecule has 1 aromatic carbocycles. The first-order valence-corrected chi connectivity index (χ1v) is 11.1. The monoisotopic (exact) mass is 440 g/mol. The van der Waals surface area contributed by atoms with Crippen LogP contribution in [0.2, 0.25) is 0 Å². The van der Waals surface area contributed by atoms with Crippen LogP contribution in [-0.4, -0.2) is 39.2 Å². The smallest absolute Gasteiger partial charge is 0.250 e. The molecule has 168 valence electrons. The first-order chi connectivity index (χ1) is 16.3. The van der Waals surface area contributed by atoms with Gasteiger partial charge in [0, 0.05) is 25.8 Å². The van der Waals surface area contributed by atoms with Crippen LogP contribution in [0.15, 0.2) is 72.5 Å². The van der Waals surface area contributed by atoms with E-state index in [1.165, 1.54) is 6.42 Å². The van der Waals surface area contributed by atoms with Crippen molar-refractivity contribution < 1.29 is 0 Å². The van der Waals surface area contributed by atoms with Gasteiger partial charge in [-0.25, -0.2) is 5.43 Å². The normalized spacial score (nSPS) is 14.0. The number of hydrogen-bond acceptors (Lipinski definition) is 8. The maximum Gasteiger partial charge on any atom is 0.250 e. The van der Waals surface area contributed by atoms with Crippen LogP contribution < -0.4 is 15.6 Å². The van der Waals surface area contributed by atoms with Crippen molar-refractivity contribution in [3.8, 4) is 0 Å². The lowest BCUT2D eigenvalue weighted by Gasteiger charge is -2.26. The predicted molar refractivity (Wildman–Crippen MR) is 134 cm³/mol. The van der Waals surface area contributed by atoms with Gasteiger partial charge >= 0.3 is 0 Å². The van der Waals surface area contributed by atoms with E-state index in [4.69, 9.17) is 0 Å². The van der Waals surface area contributed by atoms with E-state index in [9.17, 15) is 0 Å². The predicted octanol–water partition coefficient (Wildman–Crippen LogP) is 4.51. The van der Waals surface area contributed by atoms with Crippen molar-refractivity contribution >= 4 is 30.1 Å². The second-order valence-electron chi connectivity index (χ2n) is 7.65. The standard InChI is InChI=1S/C25H28N8/c1-2-3-12-22-17-21(13-14-26-22)19-28-32-24-29-23(27-18-20-10-6-4-7-11-20)30-25(31-24)33-15-8-5-9-16-33/h2-4,6-7,10-14,17,19H,1,5,8-9,15-16,18H2,(H2,27,29,30,31,32)/b12-3-,28-19+. The Hall–Kier alpha value is -4.07. The van der Waals surface area contributed by atoms with Gasteiger partial charge in [-0.3, -0.25) is 4.98 Å². The summed E-state index contributed by atoms with van der Waals surface area (Å²) in [6.45, 7) is 6.21. The van der Waals surface area contributed by atoms with Crippen molar-refractivity contribution in [1.29, 1.82) is 0 Å². The number of aromatic nitrogens is 4. The van der Waals surface area contributed by atoms with E-state index < -0.39 is 0 Å². The Balaban J connectivity index is 1.50. The lowest BCUT2D eigenvalue weighted by molar-refractivity contribution is 0.568. The van der Waals surface area contributed by atoms with E-state index in [0.29, 0.717) is 24.4 Å². The second-order valence-corrected chi connectivity index (χ2v) is 7.65. The Morgan fingerprint density at radius 1 is 1.00 bits per heavy atom. The molecule has 0 atom stereocenters. The number of nitrogens with one attached hydrogen (secondary N) is 2. The van der Waals surface area contributed by atoms with Gasteiger partial charge in [0.1, 0.15) is 0 Å². The van der Waals surface area contributed by atoms with Crippen molar-refractivity contribution in [2.45, 2.75) is 25.8 Å². The second kappa shape index (κ2) is 11.5. The number of hydrogen-bond donors (Lipinski definition) is 2. The van der Waals surface area contributed by atoms with Gasteiger partial charge < -0.3 is 10.2 Å². The van der Waals surface area contributed by atoms with Crippen molar-refractivity contribution in [3.05, 3.63) is 84.2 Å². The molecule has 2 aromatic heterocycles. The fraction of sp³-hybridized carbons (Fsp3) is 0.240. The van der Waals surface area contributed by atoms with Crippen molar-refractivity contribution in [2.24, 2.45) is 5.10 Å². The quantitative estimate of drug-likeness (QED) is 0.287. The Bertz CT molecular complexity index is 1100. The van der Waals surface area contributed by atoms with Gasteiger partial charge in [0.25, 0.3) is 0 Å². The number of nitrogens with zero attached hydrogens (tertiary/aromatic N) is 6. The summed E-state index contributed by atoms with van der Waals surface area (Å²) in [6.07, 6.45) is 12.4. The highest BCUT2D eigenvalue weighted by Crippen LogP contribution is 2.19. The number of rotatable bonds is 9. The summed E-state index contributed by atoms with van der Waals surface area (Å²) >= 11 is 0. The zero-order chi connectivity index (χ0) is 22.7. The van der Waals surface area contributed by atoms with E-state index in [-0.39, 0.29) is 0 Å². The summed E-state index contributed by atoms with van der Waals surface area (Å²) < 4.78 is 0. The molecule has 0 amide bonds. The minimum atomic E-state index is 0.401. The fourth-order valence-electron chi connectivity index (χ4n) is 3.47. The van der Waals surface area contributed by atoms with Gasteiger partial charge in [0.15, 0.2) is 0 Å². The summed E-state index contributed by atoms with van der Waals surface area (Å²) in [5, 5.41) is 7.64. The largest absolute Gasteiger partial charge is 0.350 e. The Morgan fingerprint density at radius 3 is 2.64 bits per heavy atom. The van der Waals surface area contributed by atoms with Crippen LogP contribution in [0.5, 0.6) is 0 Å². The molecule has 0 radical (unpaired) electrons. The van der Waals surface area contributed by atoms with E-state index in [0.717, 1.165) is 42.8 Å². The SMILES string of the molecule is C=C/C=C\c1cc(/C=N/Nc2nc(NCc3ccccc3)nc(N3CCCCC3)n2)ccn1. The highest BCUT2D eigenvalue weighted by Gasteiger charge is 2.16. The molecule has 1 aliphatic heterocycles. The third-order valence-corrected chi connectivity index (χ3v) is 5.14. The molecule has 8 nitrogen and oxygen atoms in total. The number of benzene rings is 1. The van der Waals surface area contributed by atoms with Crippen LogP contribution in [0.1, 0.15) is 36.1 Å². The minimum Gasteiger partial charge on any atom is -0.350 e. The molecule has 1 fully saturated rings. The average molecular weight is 441 g/mol. The van der Waals surface area contributed by atoms with Crippen LogP contribution >= 0.6 is 0 Å². The number of piperidine rings is 1. The molecule has 3 heterocycles. The zero-order valence-corrected chi connectivity index (χ0v) is 18.6. The maximum atomic E-state index is 4.66. The number of allylic oxidation sites excluding steroid dienone is 2. The molecule has 2 N–H and O–H groups in total. The van der Waals surface area contributed by atoms with Crippen LogP contribution in [0, 0.1) is 0 Å². The fourth-order valence-corrected chi connectivity index (χ4v) is 3.47. The molecule has 8 heteroatoms. The van der Waals surface area contributed by atoms with E-state index >= 15 is 0 Å². The zero-order valence-electron chi connectivity index (χ0n) is 18.6. The van der Waals surface area contributed by atoms with Gasteiger partial charge in [-0.2, -0.15) is 20.1 Å². The summed E-state index contributed by atoms with van der Waals surface area (Å²) in [7, 11) is 0. The molecule has 4 rings (SSSR count). The molecule has 0 saturated carbocycles. The van der Waals surface area contributed by atoms with E-state index in [1.807, 2.05) is 42.5 Å². The van der Waals surface area contributed by atoms with Gasteiger partial charge in [-0.05, 0) is 48.6 Å². The lowest BCUT2D eigenvalue weighted by atomic mass is 10.1.